The number of carbonyl (C=O) groups is 1. The predicted molar refractivity (Wildman–Crippen MR) is 140 cm³/mol. The first kappa shape index (κ1) is 23.3. The normalized spacial score (nSPS) is 18.6. The summed E-state index contributed by atoms with van der Waals surface area (Å²) in [5.41, 5.74) is 4.28. The molecule has 34 heavy (non-hydrogen) atoms. The zero-order valence-corrected chi connectivity index (χ0v) is 21.1. The van der Waals surface area contributed by atoms with Gasteiger partial charge in [0.05, 0.1) is 46.6 Å². The maximum absolute atomic E-state index is 12.3. The minimum atomic E-state index is -0.325. The molecule has 1 aromatic carbocycles. The number of nitrogens with zero attached hydrogens (tertiary/aromatic N) is 3. The minimum Gasteiger partial charge on any atom is -0.461 e. The second-order valence-electron chi connectivity index (χ2n) is 8.95. The van der Waals surface area contributed by atoms with Gasteiger partial charge in [-0.25, -0.2) is 9.78 Å². The number of aromatic nitrogens is 3. The zero-order chi connectivity index (χ0) is 23.7. The summed E-state index contributed by atoms with van der Waals surface area (Å²) in [5.74, 6) is 0.561. The van der Waals surface area contributed by atoms with Crippen molar-refractivity contribution in [3.63, 3.8) is 0 Å². The number of nitrogens with one attached hydrogen (secondary N) is 2. The maximum atomic E-state index is 12.3. The van der Waals surface area contributed by atoms with Crippen LogP contribution < -0.4 is 5.32 Å². The molecule has 180 valence electrons. The topological polar surface area (TPSA) is 84.3 Å². The van der Waals surface area contributed by atoms with Crippen molar-refractivity contribution in [2.24, 2.45) is 4.99 Å². The molecule has 7 nitrogen and oxygen atoms in total. The van der Waals surface area contributed by atoms with Gasteiger partial charge in [0.1, 0.15) is 10.7 Å². The van der Waals surface area contributed by atoms with Gasteiger partial charge in [0.2, 0.25) is 0 Å². The lowest BCUT2D eigenvalue weighted by Crippen LogP contribution is -2.16. The van der Waals surface area contributed by atoms with Crippen LogP contribution in [0.3, 0.4) is 0 Å². The van der Waals surface area contributed by atoms with Crippen LogP contribution in [0.2, 0.25) is 5.02 Å². The molecule has 3 aromatic rings. The molecule has 1 aliphatic heterocycles. The van der Waals surface area contributed by atoms with Crippen molar-refractivity contribution in [1.29, 1.82) is 0 Å². The van der Waals surface area contributed by atoms with Crippen molar-refractivity contribution < 1.29 is 9.53 Å². The Balaban J connectivity index is 1.32. The number of aromatic amines is 1. The summed E-state index contributed by atoms with van der Waals surface area (Å²) in [6.07, 6.45) is 7.54. The molecule has 1 saturated carbocycles. The van der Waals surface area contributed by atoms with Gasteiger partial charge in [-0.15, -0.1) is 11.8 Å². The molecule has 1 atom stereocenters. The van der Waals surface area contributed by atoms with Gasteiger partial charge in [-0.1, -0.05) is 36.6 Å². The minimum absolute atomic E-state index is 0.149. The van der Waals surface area contributed by atoms with Gasteiger partial charge in [-0.3, -0.25) is 4.99 Å². The van der Waals surface area contributed by atoms with Crippen molar-refractivity contribution in [3.05, 3.63) is 46.6 Å². The molecule has 0 radical (unpaired) electrons. The number of fused-ring (bicyclic) bond motifs is 1. The number of anilines is 1. The molecular formula is C25H30ClN5O2S. The molecule has 1 aliphatic carbocycles. The van der Waals surface area contributed by atoms with Crippen LogP contribution in [0.4, 0.5) is 5.69 Å². The molecule has 2 N–H and O–H groups in total. The van der Waals surface area contributed by atoms with Gasteiger partial charge >= 0.3 is 5.97 Å². The number of aliphatic imine (C=N–C) groups is 1. The first-order valence-electron chi connectivity index (χ1n) is 12.0. The van der Waals surface area contributed by atoms with E-state index in [1.54, 1.807) is 18.1 Å². The number of imidazole rings is 1. The van der Waals surface area contributed by atoms with Crippen molar-refractivity contribution in [3.8, 4) is 0 Å². The fourth-order valence-corrected chi connectivity index (χ4v) is 6.31. The number of benzene rings is 1. The van der Waals surface area contributed by atoms with E-state index in [4.69, 9.17) is 21.3 Å². The molecule has 0 bridgehead atoms. The molecule has 1 unspecified atom stereocenters. The molecule has 2 aliphatic rings. The van der Waals surface area contributed by atoms with Crippen molar-refractivity contribution in [2.45, 2.75) is 64.6 Å². The first-order chi connectivity index (χ1) is 16.5. The van der Waals surface area contributed by atoms with E-state index in [1.807, 2.05) is 18.4 Å². The van der Waals surface area contributed by atoms with Crippen LogP contribution in [0, 0.1) is 6.92 Å². The Hall–Kier alpha value is -2.45. The largest absolute Gasteiger partial charge is 0.461 e. The van der Waals surface area contributed by atoms with Gasteiger partial charge in [-0.2, -0.15) is 0 Å². The highest BCUT2D eigenvalue weighted by Crippen LogP contribution is 2.37. The van der Waals surface area contributed by atoms with Crippen LogP contribution in [-0.4, -0.2) is 50.0 Å². The Labute approximate surface area is 208 Å². The Kier molecular flexibility index (Phi) is 6.88. The monoisotopic (exact) mass is 499 g/mol. The summed E-state index contributed by atoms with van der Waals surface area (Å²) >= 11 is 8.55. The number of thioether (sulfide) groups is 1. The lowest BCUT2D eigenvalue weighted by molar-refractivity contribution is 0.0512. The third kappa shape index (κ3) is 4.58. The number of para-hydroxylation sites is 1. The quantitative estimate of drug-likeness (QED) is 0.382. The SMILES string of the molecule is CCOC(=O)c1c(C)ncn1CCC1CSC(c2[nH]c3c(NC4CCCC4)cccc3c2Cl)=N1. The number of aryl methyl sites for hydroxylation is 2. The molecule has 0 saturated heterocycles. The molecule has 9 heteroatoms. The van der Waals surface area contributed by atoms with Crippen LogP contribution >= 0.6 is 23.4 Å². The van der Waals surface area contributed by atoms with Gasteiger partial charge < -0.3 is 19.6 Å². The van der Waals surface area contributed by atoms with Crippen molar-refractivity contribution >= 4 is 51.0 Å². The van der Waals surface area contributed by atoms with Crippen LogP contribution in [-0.2, 0) is 11.3 Å². The Morgan fingerprint density at radius 1 is 1.35 bits per heavy atom. The summed E-state index contributed by atoms with van der Waals surface area (Å²) < 4.78 is 7.07. The number of ether oxygens (including phenoxy) is 1. The van der Waals surface area contributed by atoms with Crippen LogP contribution in [0.15, 0.2) is 29.5 Å². The Morgan fingerprint density at radius 2 is 2.18 bits per heavy atom. The summed E-state index contributed by atoms with van der Waals surface area (Å²) in [5, 5.41) is 6.41. The number of hydrogen-bond acceptors (Lipinski definition) is 6. The van der Waals surface area contributed by atoms with E-state index >= 15 is 0 Å². The summed E-state index contributed by atoms with van der Waals surface area (Å²) in [4.78, 5) is 25.1. The number of rotatable bonds is 8. The van der Waals surface area contributed by atoms with Crippen molar-refractivity contribution in [1.82, 2.24) is 14.5 Å². The highest BCUT2D eigenvalue weighted by atomic mass is 35.5. The summed E-state index contributed by atoms with van der Waals surface area (Å²) in [6, 6.07) is 6.93. The number of esters is 1. The van der Waals surface area contributed by atoms with Crippen LogP contribution in [0.5, 0.6) is 0 Å². The van der Waals surface area contributed by atoms with Gasteiger partial charge in [0.25, 0.3) is 0 Å². The van der Waals surface area contributed by atoms with Gasteiger partial charge in [0.15, 0.2) is 0 Å². The van der Waals surface area contributed by atoms with Gasteiger partial charge in [0, 0.05) is 23.7 Å². The van der Waals surface area contributed by atoms with E-state index in [0.717, 1.165) is 44.5 Å². The Morgan fingerprint density at radius 3 is 2.97 bits per heavy atom. The lowest BCUT2D eigenvalue weighted by atomic mass is 10.2. The second-order valence-corrected chi connectivity index (χ2v) is 10.3. The molecule has 3 heterocycles. The average molecular weight is 500 g/mol. The fraction of sp³-hybridized carbons (Fsp3) is 0.480. The third-order valence-corrected chi connectivity index (χ3v) is 8.13. The smallest absolute Gasteiger partial charge is 0.356 e. The molecule has 0 amide bonds. The van der Waals surface area contributed by atoms with Crippen LogP contribution in [0.1, 0.15) is 60.9 Å². The maximum Gasteiger partial charge on any atom is 0.356 e. The predicted octanol–water partition coefficient (Wildman–Crippen LogP) is 5.81. The second kappa shape index (κ2) is 10.0. The van der Waals surface area contributed by atoms with E-state index in [9.17, 15) is 4.79 Å². The standard InChI is InChI=1S/C25H30ClN5O2S/c1-3-33-25(32)23-15(2)27-14-31(23)12-11-17-13-34-24(29-17)22-20(26)18-9-6-10-19(21(18)30-22)28-16-7-4-5-8-16/h6,9-10,14,16-17,28,30H,3-5,7-8,11-13H2,1-2H3. The lowest BCUT2D eigenvalue weighted by Gasteiger charge is -2.14. The molecule has 5 rings (SSSR count). The highest BCUT2D eigenvalue weighted by molar-refractivity contribution is 8.14. The molecule has 1 fully saturated rings. The van der Waals surface area contributed by atoms with Crippen LogP contribution in [0.25, 0.3) is 10.9 Å². The number of carbonyl (C=O) groups excluding carboxylic acids is 1. The van der Waals surface area contributed by atoms with Gasteiger partial charge in [-0.05, 0) is 39.2 Å². The first-order valence-corrected chi connectivity index (χ1v) is 13.4. The van der Waals surface area contributed by atoms with Crippen molar-refractivity contribution in [2.75, 3.05) is 17.7 Å². The summed E-state index contributed by atoms with van der Waals surface area (Å²) in [6.45, 7) is 4.65. The van der Waals surface area contributed by atoms with E-state index in [-0.39, 0.29) is 12.0 Å². The Bertz CT molecular complexity index is 1230. The molecular weight excluding hydrogens is 470 g/mol. The number of H-pyrrole nitrogens is 1. The van der Waals surface area contributed by atoms with E-state index in [1.165, 1.54) is 25.7 Å². The van der Waals surface area contributed by atoms with E-state index in [2.05, 4.69) is 33.5 Å². The number of hydrogen-bond donors (Lipinski definition) is 2. The highest BCUT2D eigenvalue weighted by Gasteiger charge is 2.26. The average Bonchev–Trinajstić information content (AvgIpc) is 3.61. The zero-order valence-electron chi connectivity index (χ0n) is 19.6. The fourth-order valence-electron chi connectivity index (χ4n) is 4.85. The summed E-state index contributed by atoms with van der Waals surface area (Å²) in [7, 11) is 0. The van der Waals surface area contributed by atoms with E-state index < -0.39 is 0 Å². The number of halogens is 1. The van der Waals surface area contributed by atoms with E-state index in [0.29, 0.717) is 30.6 Å². The molecule has 0 spiro atoms. The molecule has 2 aromatic heterocycles. The third-order valence-electron chi connectivity index (χ3n) is 6.60.